The van der Waals surface area contributed by atoms with Crippen molar-refractivity contribution < 1.29 is 14.4 Å². The summed E-state index contributed by atoms with van der Waals surface area (Å²) in [5.41, 5.74) is 5.22. The van der Waals surface area contributed by atoms with E-state index < -0.39 is 7.12 Å². The van der Waals surface area contributed by atoms with Crippen molar-refractivity contribution in [3.63, 3.8) is 0 Å². The summed E-state index contributed by atoms with van der Waals surface area (Å²) in [7, 11) is -0.866. The van der Waals surface area contributed by atoms with Crippen LogP contribution in [0.2, 0.25) is 0 Å². The fourth-order valence-electron chi connectivity index (χ4n) is 3.05. The summed E-state index contributed by atoms with van der Waals surface area (Å²) >= 11 is 0. The largest absolute Gasteiger partial charge is 0.491 e. The number of nitrogens with zero attached hydrogens (tertiary/aromatic N) is 1. The minimum Gasteiger partial charge on any atom is -0.457 e. The Hall–Kier alpha value is -2.29. The molecule has 0 aliphatic carbocycles. The highest BCUT2D eigenvalue weighted by Crippen LogP contribution is 2.36. The van der Waals surface area contributed by atoms with Crippen LogP contribution in [0, 0.1) is 27.3 Å². The van der Waals surface area contributed by atoms with Crippen LogP contribution in [0.1, 0.15) is 35.3 Å². The lowest BCUT2D eigenvalue weighted by Gasteiger charge is -2.16. The van der Waals surface area contributed by atoms with E-state index in [-0.39, 0.29) is 6.10 Å². The Morgan fingerprint density at radius 3 is 2.61 bits per heavy atom. The van der Waals surface area contributed by atoms with Gasteiger partial charge in [-0.25, -0.2) is 4.85 Å². The topological polar surface area (TPSA) is 43.0 Å². The predicted octanol–water partition coefficient (Wildman–Crippen LogP) is 3.73. The molecule has 0 bridgehead atoms. The standard InChI is InChI=1S/C18H18BNO3/c1-10-9-17(11(2)8-15(10)20-5)22-16-7-6-14-18(12(16)3)13(4)23-19(14)21/h6-9,13,21H,1-4H3. The lowest BCUT2D eigenvalue weighted by atomic mass is 9.78. The van der Waals surface area contributed by atoms with E-state index in [1.54, 1.807) is 0 Å². The zero-order valence-corrected chi connectivity index (χ0v) is 13.7. The predicted molar refractivity (Wildman–Crippen MR) is 90.5 cm³/mol. The number of benzene rings is 2. The van der Waals surface area contributed by atoms with E-state index in [0.29, 0.717) is 5.69 Å². The summed E-state index contributed by atoms with van der Waals surface area (Å²) in [6.45, 7) is 14.9. The molecule has 1 heterocycles. The SMILES string of the molecule is [C-]#[N+]c1cc(C)c(Oc2ccc3c(c2C)C(C)OB3O)cc1C. The molecule has 0 saturated carbocycles. The minimum absolute atomic E-state index is 0.157. The number of ether oxygens (including phenoxy) is 1. The van der Waals surface area contributed by atoms with Gasteiger partial charge in [0.2, 0.25) is 0 Å². The van der Waals surface area contributed by atoms with Crippen LogP contribution in [0.25, 0.3) is 4.85 Å². The van der Waals surface area contributed by atoms with Gasteiger partial charge in [-0.3, -0.25) is 0 Å². The van der Waals surface area contributed by atoms with Gasteiger partial charge in [-0.05, 0) is 73.6 Å². The fourth-order valence-corrected chi connectivity index (χ4v) is 3.05. The maximum atomic E-state index is 9.90. The Kier molecular flexibility index (Phi) is 3.89. The van der Waals surface area contributed by atoms with Crippen LogP contribution >= 0.6 is 0 Å². The Balaban J connectivity index is 2.01. The second-order valence-corrected chi connectivity index (χ2v) is 5.94. The van der Waals surface area contributed by atoms with E-state index in [4.69, 9.17) is 16.0 Å². The molecule has 0 amide bonds. The lowest BCUT2D eigenvalue weighted by molar-refractivity contribution is 0.208. The molecule has 1 unspecified atom stereocenters. The highest BCUT2D eigenvalue weighted by atomic mass is 16.5. The van der Waals surface area contributed by atoms with Gasteiger partial charge in [0.15, 0.2) is 5.69 Å². The van der Waals surface area contributed by atoms with Gasteiger partial charge in [0.05, 0.1) is 12.7 Å². The molecular formula is C18H18BNO3. The lowest BCUT2D eigenvalue weighted by Crippen LogP contribution is -2.28. The van der Waals surface area contributed by atoms with E-state index in [2.05, 4.69) is 4.85 Å². The molecule has 4 nitrogen and oxygen atoms in total. The van der Waals surface area contributed by atoms with Crippen molar-refractivity contribution in [2.24, 2.45) is 0 Å². The van der Waals surface area contributed by atoms with Gasteiger partial charge in [0.1, 0.15) is 11.5 Å². The second-order valence-electron chi connectivity index (χ2n) is 5.94. The highest BCUT2D eigenvalue weighted by molar-refractivity contribution is 6.61. The number of hydrogen-bond donors (Lipinski definition) is 1. The van der Waals surface area contributed by atoms with Crippen LogP contribution in [0.15, 0.2) is 24.3 Å². The van der Waals surface area contributed by atoms with Crippen molar-refractivity contribution in [1.82, 2.24) is 0 Å². The molecule has 116 valence electrons. The van der Waals surface area contributed by atoms with Crippen LogP contribution in [-0.4, -0.2) is 12.1 Å². The zero-order chi connectivity index (χ0) is 16.7. The van der Waals surface area contributed by atoms with Gasteiger partial charge in [-0.1, -0.05) is 6.07 Å². The summed E-state index contributed by atoms with van der Waals surface area (Å²) < 4.78 is 11.5. The highest BCUT2D eigenvalue weighted by Gasteiger charge is 2.34. The molecule has 0 saturated heterocycles. The molecule has 1 atom stereocenters. The number of rotatable bonds is 2. The first kappa shape index (κ1) is 15.6. The van der Waals surface area contributed by atoms with Gasteiger partial charge in [-0.2, -0.15) is 0 Å². The number of fused-ring (bicyclic) bond motifs is 1. The third kappa shape index (κ3) is 2.61. The molecule has 3 rings (SSSR count). The average molecular weight is 307 g/mol. The minimum atomic E-state index is -0.866. The van der Waals surface area contributed by atoms with Gasteiger partial charge in [0, 0.05) is 0 Å². The van der Waals surface area contributed by atoms with Crippen molar-refractivity contribution in [3.8, 4) is 11.5 Å². The molecule has 2 aromatic carbocycles. The fraction of sp³-hybridized carbons (Fsp3) is 0.278. The van der Waals surface area contributed by atoms with E-state index >= 15 is 0 Å². The third-order valence-corrected chi connectivity index (χ3v) is 4.34. The zero-order valence-electron chi connectivity index (χ0n) is 13.7. The summed E-state index contributed by atoms with van der Waals surface area (Å²) in [6, 6.07) is 7.44. The molecule has 23 heavy (non-hydrogen) atoms. The first-order valence-corrected chi connectivity index (χ1v) is 7.56. The Bertz CT molecular complexity index is 826. The maximum Gasteiger partial charge on any atom is 0.491 e. The van der Waals surface area contributed by atoms with Gasteiger partial charge >= 0.3 is 7.12 Å². The van der Waals surface area contributed by atoms with Crippen LogP contribution in [0.4, 0.5) is 5.69 Å². The van der Waals surface area contributed by atoms with Crippen molar-refractivity contribution in [2.45, 2.75) is 33.8 Å². The van der Waals surface area contributed by atoms with Crippen LogP contribution in [-0.2, 0) is 4.65 Å². The molecule has 0 spiro atoms. The van der Waals surface area contributed by atoms with E-state index in [1.807, 2.05) is 52.0 Å². The molecule has 1 aliphatic rings. The molecule has 0 aromatic heterocycles. The second kappa shape index (κ2) is 5.73. The molecule has 1 N–H and O–H groups in total. The van der Waals surface area contributed by atoms with Gasteiger partial charge < -0.3 is 14.4 Å². The van der Waals surface area contributed by atoms with Crippen molar-refractivity contribution in [3.05, 3.63) is 57.9 Å². The molecule has 0 fully saturated rings. The first-order valence-electron chi connectivity index (χ1n) is 7.56. The van der Waals surface area contributed by atoms with Crippen LogP contribution in [0.3, 0.4) is 0 Å². The quantitative estimate of drug-likeness (QED) is 0.679. The van der Waals surface area contributed by atoms with E-state index in [0.717, 1.165) is 39.2 Å². The number of hydrogen-bond acceptors (Lipinski definition) is 3. The van der Waals surface area contributed by atoms with Crippen LogP contribution in [0.5, 0.6) is 11.5 Å². The van der Waals surface area contributed by atoms with Crippen molar-refractivity contribution in [1.29, 1.82) is 0 Å². The molecule has 0 radical (unpaired) electrons. The maximum absolute atomic E-state index is 9.90. The summed E-state index contributed by atoms with van der Waals surface area (Å²) in [5.74, 6) is 1.48. The van der Waals surface area contributed by atoms with Crippen molar-refractivity contribution in [2.75, 3.05) is 0 Å². The smallest absolute Gasteiger partial charge is 0.457 e. The first-order chi connectivity index (χ1) is 10.9. The van der Waals surface area contributed by atoms with E-state index in [9.17, 15) is 5.02 Å². The molecule has 5 heteroatoms. The third-order valence-electron chi connectivity index (χ3n) is 4.34. The van der Waals surface area contributed by atoms with Crippen LogP contribution < -0.4 is 10.2 Å². The summed E-state index contributed by atoms with van der Waals surface area (Å²) in [5, 5.41) is 9.90. The van der Waals surface area contributed by atoms with E-state index in [1.165, 1.54) is 0 Å². The summed E-state index contributed by atoms with van der Waals surface area (Å²) in [4.78, 5) is 3.51. The molecule has 2 aromatic rings. The van der Waals surface area contributed by atoms with Crippen molar-refractivity contribution >= 4 is 18.3 Å². The molecule has 1 aliphatic heterocycles. The summed E-state index contributed by atoms with van der Waals surface area (Å²) in [6.07, 6.45) is -0.157. The Labute approximate surface area is 136 Å². The molecular weight excluding hydrogens is 289 g/mol. The number of aryl methyl sites for hydroxylation is 2. The monoisotopic (exact) mass is 307 g/mol. The Morgan fingerprint density at radius 2 is 1.91 bits per heavy atom. The van der Waals surface area contributed by atoms with Gasteiger partial charge in [0.25, 0.3) is 0 Å². The Morgan fingerprint density at radius 1 is 1.17 bits per heavy atom. The average Bonchev–Trinajstić information content (AvgIpc) is 2.80. The normalized spacial score (nSPS) is 16.2. The van der Waals surface area contributed by atoms with Gasteiger partial charge in [-0.15, -0.1) is 0 Å².